The minimum atomic E-state index is -4.24. The fraction of sp³-hybridized carbons (Fsp3) is 0.962. The van der Waals surface area contributed by atoms with Gasteiger partial charge in [0.1, 0.15) is 6.10 Å². The zero-order chi connectivity index (χ0) is 26.0. The molecule has 0 fully saturated rings. The maximum atomic E-state index is 12.3. The molecule has 0 aromatic carbocycles. The highest BCUT2D eigenvalue weighted by molar-refractivity contribution is 7.47. The molecule has 0 saturated carbocycles. The van der Waals surface area contributed by atoms with E-state index in [1.54, 1.807) is 0 Å². The second-order valence-electron chi connectivity index (χ2n) is 9.27. The number of rotatable bonds is 27. The Balaban J connectivity index is 4.19. The van der Waals surface area contributed by atoms with Crippen LogP contribution in [0.4, 0.5) is 0 Å². The van der Waals surface area contributed by atoms with Gasteiger partial charge in [-0.3, -0.25) is 13.8 Å². The number of carbonyl (C=O) groups is 1. The van der Waals surface area contributed by atoms with Gasteiger partial charge in [-0.25, -0.2) is 4.57 Å². The standard InChI is InChI=1S/C26H54NO7P/c1-3-5-7-9-11-12-13-14-15-17-19-26(28)34-25(24-33-35(29,30)32-22-20-27)23-31-21-18-16-10-8-6-4-2/h25H,3-24,27H2,1-2H3,(H,29,30). The van der Waals surface area contributed by atoms with Crippen molar-refractivity contribution in [2.45, 2.75) is 129 Å². The molecule has 210 valence electrons. The molecule has 0 bridgehead atoms. The van der Waals surface area contributed by atoms with E-state index in [9.17, 15) is 14.3 Å². The molecule has 0 amide bonds. The highest BCUT2D eigenvalue weighted by atomic mass is 31.2. The van der Waals surface area contributed by atoms with Crippen LogP contribution in [0, 0.1) is 0 Å². The Morgan fingerprint density at radius 3 is 1.80 bits per heavy atom. The van der Waals surface area contributed by atoms with Crippen molar-refractivity contribution in [3.8, 4) is 0 Å². The Morgan fingerprint density at radius 1 is 0.743 bits per heavy atom. The molecule has 8 nitrogen and oxygen atoms in total. The highest BCUT2D eigenvalue weighted by Crippen LogP contribution is 2.43. The summed E-state index contributed by atoms with van der Waals surface area (Å²) in [5.41, 5.74) is 5.30. The predicted octanol–water partition coefficient (Wildman–Crippen LogP) is 6.68. The maximum absolute atomic E-state index is 12.3. The van der Waals surface area contributed by atoms with Gasteiger partial charge in [0.2, 0.25) is 0 Å². The number of unbranched alkanes of at least 4 members (excludes halogenated alkanes) is 14. The fourth-order valence-electron chi connectivity index (χ4n) is 3.70. The molecule has 0 aliphatic carbocycles. The molecular formula is C26H54NO7P. The number of esters is 1. The van der Waals surface area contributed by atoms with Crippen LogP contribution in [0.1, 0.15) is 123 Å². The topological polar surface area (TPSA) is 117 Å². The molecule has 0 aliphatic heterocycles. The van der Waals surface area contributed by atoms with Gasteiger partial charge in [0.05, 0.1) is 19.8 Å². The van der Waals surface area contributed by atoms with E-state index in [4.69, 9.17) is 24.3 Å². The second-order valence-corrected chi connectivity index (χ2v) is 10.7. The molecule has 0 aromatic heterocycles. The van der Waals surface area contributed by atoms with Gasteiger partial charge in [0.15, 0.2) is 0 Å². The van der Waals surface area contributed by atoms with Crippen molar-refractivity contribution >= 4 is 13.8 Å². The van der Waals surface area contributed by atoms with Crippen molar-refractivity contribution in [3.05, 3.63) is 0 Å². The van der Waals surface area contributed by atoms with Crippen molar-refractivity contribution in [2.75, 3.05) is 33.0 Å². The first-order chi connectivity index (χ1) is 16.9. The lowest BCUT2D eigenvalue weighted by atomic mass is 10.1. The van der Waals surface area contributed by atoms with Crippen LogP contribution in [0.5, 0.6) is 0 Å². The molecule has 0 radical (unpaired) electrons. The average molecular weight is 524 g/mol. The van der Waals surface area contributed by atoms with E-state index in [0.717, 1.165) is 32.1 Å². The SMILES string of the molecule is CCCCCCCCCCCCC(=O)OC(COCCCCCCCC)COP(=O)(O)OCCN. The van der Waals surface area contributed by atoms with Crippen LogP contribution in [0.3, 0.4) is 0 Å². The van der Waals surface area contributed by atoms with Gasteiger partial charge in [-0.05, 0) is 12.8 Å². The number of phosphoric ester groups is 1. The van der Waals surface area contributed by atoms with E-state index in [-0.39, 0.29) is 32.3 Å². The summed E-state index contributed by atoms with van der Waals surface area (Å²) in [5.74, 6) is -0.336. The summed E-state index contributed by atoms with van der Waals surface area (Å²) in [5, 5.41) is 0. The van der Waals surface area contributed by atoms with E-state index >= 15 is 0 Å². The molecule has 0 aliphatic rings. The van der Waals surface area contributed by atoms with Crippen LogP contribution in [-0.4, -0.2) is 49.9 Å². The molecule has 2 atom stereocenters. The smallest absolute Gasteiger partial charge is 0.457 e. The third-order valence-corrected chi connectivity index (χ3v) is 6.76. The number of hydrogen-bond acceptors (Lipinski definition) is 7. The van der Waals surface area contributed by atoms with Crippen molar-refractivity contribution in [3.63, 3.8) is 0 Å². The number of carbonyl (C=O) groups excluding carboxylic acids is 1. The molecule has 0 rings (SSSR count). The number of phosphoric acid groups is 1. The third-order valence-electron chi connectivity index (χ3n) is 5.77. The van der Waals surface area contributed by atoms with Crippen molar-refractivity contribution < 1.29 is 32.8 Å². The lowest BCUT2D eigenvalue weighted by molar-refractivity contribution is -0.154. The molecule has 0 saturated heterocycles. The van der Waals surface area contributed by atoms with Crippen LogP contribution >= 0.6 is 7.82 Å². The molecule has 2 unspecified atom stereocenters. The number of nitrogens with two attached hydrogens (primary N) is 1. The summed E-state index contributed by atoms with van der Waals surface area (Å²) in [6, 6.07) is 0. The van der Waals surface area contributed by atoms with E-state index in [2.05, 4.69) is 13.8 Å². The summed E-state index contributed by atoms with van der Waals surface area (Å²) in [6.45, 7) is 4.84. The molecule has 9 heteroatoms. The van der Waals surface area contributed by atoms with E-state index in [1.165, 1.54) is 70.6 Å². The van der Waals surface area contributed by atoms with Crippen molar-refractivity contribution in [1.82, 2.24) is 0 Å². The summed E-state index contributed by atoms with van der Waals surface area (Å²) in [4.78, 5) is 22.0. The fourth-order valence-corrected chi connectivity index (χ4v) is 4.46. The first kappa shape index (κ1) is 34.5. The molecular weight excluding hydrogens is 469 g/mol. The zero-order valence-corrected chi connectivity index (χ0v) is 23.4. The minimum Gasteiger partial charge on any atom is -0.457 e. The van der Waals surface area contributed by atoms with Crippen molar-refractivity contribution in [2.24, 2.45) is 5.73 Å². The van der Waals surface area contributed by atoms with E-state index < -0.39 is 13.9 Å². The van der Waals surface area contributed by atoms with Gasteiger partial charge in [-0.15, -0.1) is 0 Å². The van der Waals surface area contributed by atoms with Crippen molar-refractivity contribution in [1.29, 1.82) is 0 Å². The number of ether oxygens (including phenoxy) is 2. The molecule has 3 N–H and O–H groups in total. The molecule has 0 spiro atoms. The lowest BCUT2D eigenvalue weighted by Gasteiger charge is -2.20. The monoisotopic (exact) mass is 523 g/mol. The van der Waals surface area contributed by atoms with Crippen LogP contribution in [0.2, 0.25) is 0 Å². The van der Waals surface area contributed by atoms with Crippen LogP contribution in [0.25, 0.3) is 0 Å². The first-order valence-corrected chi connectivity index (χ1v) is 15.5. The van der Waals surface area contributed by atoms with E-state index in [0.29, 0.717) is 13.0 Å². The zero-order valence-electron chi connectivity index (χ0n) is 22.6. The Morgan fingerprint density at radius 2 is 1.26 bits per heavy atom. The van der Waals surface area contributed by atoms with E-state index in [1.807, 2.05) is 0 Å². The number of hydrogen-bond donors (Lipinski definition) is 2. The highest BCUT2D eigenvalue weighted by Gasteiger charge is 2.25. The van der Waals surface area contributed by atoms with Gasteiger partial charge in [0.25, 0.3) is 0 Å². The lowest BCUT2D eigenvalue weighted by Crippen LogP contribution is -2.28. The molecule has 35 heavy (non-hydrogen) atoms. The first-order valence-electron chi connectivity index (χ1n) is 14.0. The summed E-state index contributed by atoms with van der Waals surface area (Å²) in [7, 11) is -4.24. The Labute approximate surface area is 214 Å². The predicted molar refractivity (Wildman–Crippen MR) is 141 cm³/mol. The van der Waals surface area contributed by atoms with Gasteiger partial charge in [-0.2, -0.15) is 0 Å². The van der Waals surface area contributed by atoms with Gasteiger partial charge >= 0.3 is 13.8 Å². The van der Waals surface area contributed by atoms with Gasteiger partial charge in [-0.1, -0.05) is 104 Å². The normalized spacial score (nSPS) is 14.1. The Hall–Kier alpha value is -0.500. The second kappa shape index (κ2) is 25.2. The van der Waals surface area contributed by atoms with Crippen LogP contribution < -0.4 is 5.73 Å². The summed E-state index contributed by atoms with van der Waals surface area (Å²) < 4.78 is 32.8. The van der Waals surface area contributed by atoms with Gasteiger partial charge < -0.3 is 20.1 Å². The quantitative estimate of drug-likeness (QED) is 0.0695. The average Bonchev–Trinajstić information content (AvgIpc) is 2.84. The summed E-state index contributed by atoms with van der Waals surface area (Å²) in [6.07, 6.45) is 18.4. The largest absolute Gasteiger partial charge is 0.472 e. The Bertz CT molecular complexity index is 522. The van der Waals surface area contributed by atoms with Crippen LogP contribution in [0.15, 0.2) is 0 Å². The minimum absolute atomic E-state index is 0.0918. The molecule has 0 aromatic rings. The van der Waals surface area contributed by atoms with Gasteiger partial charge in [0, 0.05) is 19.6 Å². The Kier molecular flexibility index (Phi) is 24.8. The maximum Gasteiger partial charge on any atom is 0.472 e. The molecule has 0 heterocycles. The summed E-state index contributed by atoms with van der Waals surface area (Å²) >= 11 is 0. The van der Waals surface area contributed by atoms with Crippen LogP contribution in [-0.2, 0) is 27.9 Å². The third kappa shape index (κ3) is 25.0.